The van der Waals surface area contributed by atoms with Crippen molar-refractivity contribution in [2.45, 2.75) is 213 Å². The molecule has 0 aromatic rings. The molecule has 0 aliphatic rings. The smallest absolute Gasteiger partial charge is 0.462 e. The van der Waals surface area contributed by atoms with Gasteiger partial charge in [0.05, 0.1) is 27.7 Å². The molecule has 0 saturated carbocycles. The molecule has 0 aromatic carbocycles. The van der Waals surface area contributed by atoms with Crippen LogP contribution in [-0.2, 0) is 32.7 Å². The van der Waals surface area contributed by atoms with E-state index in [2.05, 4.69) is 38.2 Å². The molecule has 330 valence electrons. The first-order valence-corrected chi connectivity index (χ1v) is 24.6. The number of rotatable bonds is 42. The quantitative estimate of drug-likeness (QED) is 0.0213. The summed E-state index contributed by atoms with van der Waals surface area (Å²) in [6, 6.07) is 0. The zero-order chi connectivity index (χ0) is 41.4. The minimum Gasteiger partial charge on any atom is -0.462 e. The summed E-state index contributed by atoms with van der Waals surface area (Å²) in [5.41, 5.74) is 0. The Balaban J connectivity index is 4.32. The standard InChI is InChI=1S/C46H88NO8P/c1-6-8-10-12-14-16-18-20-21-22-23-24-25-27-29-31-33-35-37-39-46(49)55-44(43-54-56(50,51)53-41-40-47(3,4)5)42-52-45(48)38-36-34-32-30-28-26-19-17-15-13-11-9-7-2/h17,19,22-23,44H,6-16,18,20-21,24-43H2,1-5H3/p+1/b19-17-,23-22-/t44-/m1/s1. The van der Waals surface area contributed by atoms with Crippen molar-refractivity contribution in [3.05, 3.63) is 24.3 Å². The summed E-state index contributed by atoms with van der Waals surface area (Å²) >= 11 is 0. The predicted molar refractivity (Wildman–Crippen MR) is 234 cm³/mol. The van der Waals surface area contributed by atoms with Gasteiger partial charge < -0.3 is 18.9 Å². The molecule has 0 amide bonds. The van der Waals surface area contributed by atoms with Crippen LogP contribution in [0.5, 0.6) is 0 Å². The van der Waals surface area contributed by atoms with Gasteiger partial charge in [-0.2, -0.15) is 0 Å². The lowest BCUT2D eigenvalue weighted by atomic mass is 10.1. The maximum Gasteiger partial charge on any atom is 0.472 e. The van der Waals surface area contributed by atoms with Crippen LogP contribution in [0.4, 0.5) is 0 Å². The largest absolute Gasteiger partial charge is 0.472 e. The summed E-state index contributed by atoms with van der Waals surface area (Å²) in [5.74, 6) is -0.809. The molecule has 0 bridgehead atoms. The molecule has 10 heteroatoms. The van der Waals surface area contributed by atoms with Crippen molar-refractivity contribution in [1.82, 2.24) is 0 Å². The van der Waals surface area contributed by atoms with Crippen molar-refractivity contribution in [2.75, 3.05) is 47.5 Å². The number of likely N-dealkylation sites (N-methyl/N-ethyl adjacent to an activating group) is 1. The van der Waals surface area contributed by atoms with Gasteiger partial charge in [0.25, 0.3) is 0 Å². The SMILES string of the molecule is CCCCCC/C=C\CCCCCCCC(=O)OC[C@H](COP(=O)(O)OCC[N+](C)(C)C)OC(=O)CCCCCCCCC/C=C\CCCCCCCCCC. The summed E-state index contributed by atoms with van der Waals surface area (Å²) in [4.78, 5) is 35.4. The Morgan fingerprint density at radius 2 is 0.911 bits per heavy atom. The number of phosphoric acid groups is 1. The van der Waals surface area contributed by atoms with Crippen LogP contribution in [0.15, 0.2) is 24.3 Å². The number of hydrogen-bond donors (Lipinski definition) is 1. The first-order valence-electron chi connectivity index (χ1n) is 23.1. The number of unbranched alkanes of at least 4 members (excludes halogenated alkanes) is 24. The summed E-state index contributed by atoms with van der Waals surface area (Å²) in [6.07, 6.45) is 42.2. The Labute approximate surface area is 345 Å². The number of nitrogens with zero attached hydrogens (tertiary/aromatic N) is 1. The van der Waals surface area contributed by atoms with E-state index >= 15 is 0 Å². The first kappa shape index (κ1) is 54.5. The zero-order valence-electron chi connectivity index (χ0n) is 37.1. The highest BCUT2D eigenvalue weighted by atomic mass is 31.2. The van der Waals surface area contributed by atoms with Gasteiger partial charge in [-0.3, -0.25) is 18.6 Å². The number of esters is 2. The predicted octanol–water partition coefficient (Wildman–Crippen LogP) is 13.1. The second-order valence-corrected chi connectivity index (χ2v) is 18.2. The average molecular weight is 815 g/mol. The van der Waals surface area contributed by atoms with Crippen LogP contribution in [0.3, 0.4) is 0 Å². The highest BCUT2D eigenvalue weighted by Gasteiger charge is 2.27. The van der Waals surface area contributed by atoms with E-state index in [1.165, 1.54) is 109 Å². The van der Waals surface area contributed by atoms with Crippen molar-refractivity contribution in [3.8, 4) is 0 Å². The van der Waals surface area contributed by atoms with Crippen LogP contribution < -0.4 is 0 Å². The maximum absolute atomic E-state index is 12.7. The second kappa shape index (κ2) is 39.0. The molecule has 0 aliphatic heterocycles. The number of quaternary nitrogens is 1. The van der Waals surface area contributed by atoms with Crippen LogP contribution in [0.2, 0.25) is 0 Å². The molecular weight excluding hydrogens is 725 g/mol. The molecule has 0 aromatic heterocycles. The van der Waals surface area contributed by atoms with Crippen LogP contribution in [0.1, 0.15) is 206 Å². The van der Waals surface area contributed by atoms with Crippen molar-refractivity contribution in [2.24, 2.45) is 0 Å². The molecule has 2 atom stereocenters. The molecular formula is C46H89NO8P+. The van der Waals surface area contributed by atoms with E-state index < -0.39 is 26.5 Å². The lowest BCUT2D eigenvalue weighted by Crippen LogP contribution is -2.37. The van der Waals surface area contributed by atoms with Gasteiger partial charge in [-0.25, -0.2) is 4.57 Å². The highest BCUT2D eigenvalue weighted by molar-refractivity contribution is 7.47. The average Bonchev–Trinajstić information content (AvgIpc) is 3.15. The van der Waals surface area contributed by atoms with E-state index in [9.17, 15) is 19.0 Å². The zero-order valence-corrected chi connectivity index (χ0v) is 38.0. The molecule has 56 heavy (non-hydrogen) atoms. The van der Waals surface area contributed by atoms with E-state index in [0.717, 1.165) is 64.2 Å². The molecule has 0 radical (unpaired) electrons. The van der Waals surface area contributed by atoms with Gasteiger partial charge in [0.15, 0.2) is 6.10 Å². The van der Waals surface area contributed by atoms with Gasteiger partial charge in [-0.1, -0.05) is 154 Å². The molecule has 0 spiro atoms. The molecule has 1 N–H and O–H groups in total. The van der Waals surface area contributed by atoms with Gasteiger partial charge in [0, 0.05) is 12.8 Å². The Morgan fingerprint density at radius 1 is 0.536 bits per heavy atom. The van der Waals surface area contributed by atoms with Gasteiger partial charge in [-0.15, -0.1) is 0 Å². The Bertz CT molecular complexity index is 1010. The summed E-state index contributed by atoms with van der Waals surface area (Å²) in [5, 5.41) is 0. The number of ether oxygens (including phenoxy) is 2. The number of phosphoric ester groups is 1. The number of carbonyl (C=O) groups excluding carboxylic acids is 2. The van der Waals surface area contributed by atoms with Gasteiger partial charge in [0.2, 0.25) is 0 Å². The minimum absolute atomic E-state index is 0.0307. The molecule has 0 aliphatic carbocycles. The van der Waals surface area contributed by atoms with Gasteiger partial charge >= 0.3 is 19.8 Å². The van der Waals surface area contributed by atoms with Crippen LogP contribution >= 0.6 is 7.82 Å². The summed E-state index contributed by atoms with van der Waals surface area (Å²) in [7, 11) is 1.47. The van der Waals surface area contributed by atoms with E-state index in [1.54, 1.807) is 0 Å². The van der Waals surface area contributed by atoms with Gasteiger partial charge in [-0.05, 0) is 64.2 Å². The van der Waals surface area contributed by atoms with Crippen molar-refractivity contribution in [3.63, 3.8) is 0 Å². The van der Waals surface area contributed by atoms with Crippen LogP contribution in [0.25, 0.3) is 0 Å². The number of carbonyl (C=O) groups is 2. The maximum atomic E-state index is 12.7. The molecule has 0 heterocycles. The monoisotopic (exact) mass is 815 g/mol. The summed E-state index contributed by atoms with van der Waals surface area (Å²) < 4.78 is 34.3. The van der Waals surface area contributed by atoms with Crippen LogP contribution in [-0.4, -0.2) is 74.9 Å². The molecule has 0 fully saturated rings. The Morgan fingerprint density at radius 3 is 1.34 bits per heavy atom. The van der Waals surface area contributed by atoms with Gasteiger partial charge in [0.1, 0.15) is 19.8 Å². The number of allylic oxidation sites excluding steroid dienone is 4. The van der Waals surface area contributed by atoms with E-state index in [4.69, 9.17) is 18.5 Å². The van der Waals surface area contributed by atoms with Crippen molar-refractivity contribution >= 4 is 19.8 Å². The highest BCUT2D eigenvalue weighted by Crippen LogP contribution is 2.43. The lowest BCUT2D eigenvalue weighted by Gasteiger charge is -2.24. The molecule has 0 saturated heterocycles. The van der Waals surface area contributed by atoms with Crippen LogP contribution in [0, 0.1) is 0 Å². The third-order valence-corrected chi connectivity index (χ3v) is 10.9. The van der Waals surface area contributed by atoms with E-state index in [0.29, 0.717) is 17.4 Å². The van der Waals surface area contributed by atoms with Crippen molar-refractivity contribution < 1.29 is 42.1 Å². The normalized spacial score (nSPS) is 13.8. The first-order chi connectivity index (χ1) is 27.0. The fraction of sp³-hybridized carbons (Fsp3) is 0.870. The Hall–Kier alpha value is -1.51. The third-order valence-electron chi connectivity index (χ3n) is 9.95. The lowest BCUT2D eigenvalue weighted by molar-refractivity contribution is -0.870. The summed E-state index contributed by atoms with van der Waals surface area (Å²) in [6.45, 7) is 4.41. The fourth-order valence-electron chi connectivity index (χ4n) is 6.30. The third kappa shape index (κ3) is 42.1. The molecule has 1 unspecified atom stereocenters. The van der Waals surface area contributed by atoms with E-state index in [-0.39, 0.29) is 32.0 Å². The van der Waals surface area contributed by atoms with E-state index in [1.807, 2.05) is 21.1 Å². The molecule has 0 rings (SSSR count). The topological polar surface area (TPSA) is 108 Å². The van der Waals surface area contributed by atoms with Crippen molar-refractivity contribution in [1.29, 1.82) is 0 Å². The molecule has 9 nitrogen and oxygen atoms in total. The fourth-order valence-corrected chi connectivity index (χ4v) is 7.04. The Kier molecular flexibility index (Phi) is 37.9. The second-order valence-electron chi connectivity index (χ2n) is 16.8. The number of hydrogen-bond acceptors (Lipinski definition) is 7. The minimum atomic E-state index is -4.37.